The number of hydrogen-bond acceptors (Lipinski definition) is 2. The van der Waals surface area contributed by atoms with E-state index in [1.807, 2.05) is 32.0 Å². The van der Waals surface area contributed by atoms with E-state index < -0.39 is 0 Å². The Bertz CT molecular complexity index is 605. The van der Waals surface area contributed by atoms with Gasteiger partial charge in [-0.2, -0.15) is 5.10 Å². The third-order valence-electron chi connectivity index (χ3n) is 2.69. The molecular formula is C13H13ClN2O. The van der Waals surface area contributed by atoms with E-state index in [2.05, 4.69) is 10.2 Å². The van der Waals surface area contributed by atoms with E-state index in [9.17, 15) is 4.79 Å². The Morgan fingerprint density at radius 1 is 1.29 bits per heavy atom. The fourth-order valence-corrected chi connectivity index (χ4v) is 1.89. The van der Waals surface area contributed by atoms with E-state index in [1.165, 1.54) is 0 Å². The number of H-pyrrole nitrogens is 1. The minimum Gasteiger partial charge on any atom is -0.268 e. The molecule has 0 bridgehead atoms. The predicted octanol–water partition coefficient (Wildman–Crippen LogP) is 2.79. The molecule has 0 fully saturated rings. The third kappa shape index (κ3) is 2.39. The lowest BCUT2D eigenvalue weighted by Crippen LogP contribution is -2.13. The molecule has 2 aromatic rings. The molecule has 17 heavy (non-hydrogen) atoms. The van der Waals surface area contributed by atoms with E-state index >= 15 is 0 Å². The summed E-state index contributed by atoms with van der Waals surface area (Å²) in [7, 11) is 0. The van der Waals surface area contributed by atoms with Gasteiger partial charge in [-0.25, -0.2) is 5.10 Å². The van der Waals surface area contributed by atoms with Gasteiger partial charge in [0, 0.05) is 11.1 Å². The lowest BCUT2D eigenvalue weighted by molar-refractivity contribution is 0.969. The molecule has 4 heteroatoms. The molecule has 88 valence electrons. The second-order valence-corrected chi connectivity index (χ2v) is 4.33. The molecule has 0 aliphatic carbocycles. The van der Waals surface area contributed by atoms with Crippen molar-refractivity contribution in [1.29, 1.82) is 0 Å². The van der Waals surface area contributed by atoms with Crippen molar-refractivity contribution in [2.24, 2.45) is 0 Å². The minimum atomic E-state index is -0.228. The molecule has 0 atom stereocenters. The van der Waals surface area contributed by atoms with Gasteiger partial charge in [0.15, 0.2) is 0 Å². The van der Waals surface area contributed by atoms with Gasteiger partial charge in [0.2, 0.25) is 0 Å². The van der Waals surface area contributed by atoms with Gasteiger partial charge in [-0.15, -0.1) is 11.6 Å². The Balaban J connectivity index is 2.60. The summed E-state index contributed by atoms with van der Waals surface area (Å²) in [5, 5.41) is 6.54. The van der Waals surface area contributed by atoms with Crippen LogP contribution < -0.4 is 5.56 Å². The number of aromatic amines is 1. The summed E-state index contributed by atoms with van der Waals surface area (Å²) in [6, 6.07) is 7.88. The lowest BCUT2D eigenvalue weighted by atomic mass is 10.0. The van der Waals surface area contributed by atoms with E-state index in [0.29, 0.717) is 5.56 Å². The number of aryl methyl sites for hydroxylation is 2. The number of halogens is 1. The number of rotatable bonds is 2. The Labute approximate surface area is 104 Å². The molecule has 3 nitrogen and oxygen atoms in total. The molecule has 0 unspecified atom stereocenters. The molecule has 2 rings (SSSR count). The van der Waals surface area contributed by atoms with Crippen LogP contribution in [0.3, 0.4) is 0 Å². The highest BCUT2D eigenvalue weighted by Gasteiger charge is 2.07. The zero-order valence-electron chi connectivity index (χ0n) is 9.75. The first-order valence-corrected chi connectivity index (χ1v) is 5.87. The summed E-state index contributed by atoms with van der Waals surface area (Å²) < 4.78 is 0. The van der Waals surface area contributed by atoms with Crippen molar-refractivity contribution in [1.82, 2.24) is 10.2 Å². The topological polar surface area (TPSA) is 45.8 Å². The zero-order valence-corrected chi connectivity index (χ0v) is 10.5. The van der Waals surface area contributed by atoms with E-state index in [1.54, 1.807) is 6.07 Å². The summed E-state index contributed by atoms with van der Waals surface area (Å²) >= 11 is 5.71. The van der Waals surface area contributed by atoms with Crippen LogP contribution in [-0.2, 0) is 5.88 Å². The largest absolute Gasteiger partial charge is 0.268 e. The molecular weight excluding hydrogens is 236 g/mol. The lowest BCUT2D eigenvalue weighted by Gasteiger charge is -2.06. The fourth-order valence-electron chi connectivity index (χ4n) is 1.69. The highest BCUT2D eigenvalue weighted by molar-refractivity contribution is 6.17. The molecule has 1 aromatic carbocycles. The molecule has 0 saturated heterocycles. The Morgan fingerprint density at radius 2 is 2.06 bits per heavy atom. The van der Waals surface area contributed by atoms with Gasteiger partial charge in [-0.05, 0) is 31.5 Å². The molecule has 0 spiro atoms. The minimum absolute atomic E-state index is 0.190. The van der Waals surface area contributed by atoms with Crippen LogP contribution in [0.5, 0.6) is 0 Å². The van der Waals surface area contributed by atoms with Crippen molar-refractivity contribution >= 4 is 11.6 Å². The summed E-state index contributed by atoms with van der Waals surface area (Å²) in [5.41, 5.74) is 4.36. The zero-order chi connectivity index (χ0) is 12.4. The van der Waals surface area contributed by atoms with Gasteiger partial charge < -0.3 is 0 Å². The van der Waals surface area contributed by atoms with Crippen molar-refractivity contribution < 1.29 is 0 Å². The van der Waals surface area contributed by atoms with Crippen LogP contribution in [0.2, 0.25) is 0 Å². The SMILES string of the molecule is Cc1ccc(C)c(-c2cc(CCl)c(=O)[nH]n2)c1. The summed E-state index contributed by atoms with van der Waals surface area (Å²) in [5.74, 6) is 0.190. The van der Waals surface area contributed by atoms with Crippen LogP contribution >= 0.6 is 11.6 Å². The third-order valence-corrected chi connectivity index (χ3v) is 2.98. The second-order valence-electron chi connectivity index (χ2n) is 4.06. The second kappa shape index (κ2) is 4.72. The number of alkyl halides is 1. The van der Waals surface area contributed by atoms with Crippen molar-refractivity contribution in [3.8, 4) is 11.3 Å². The van der Waals surface area contributed by atoms with E-state index in [4.69, 9.17) is 11.6 Å². The molecule has 1 heterocycles. The van der Waals surface area contributed by atoms with E-state index in [-0.39, 0.29) is 11.4 Å². The smallest absolute Gasteiger partial charge is 0.268 e. The predicted molar refractivity (Wildman–Crippen MR) is 69.3 cm³/mol. The highest BCUT2D eigenvalue weighted by Crippen LogP contribution is 2.22. The van der Waals surface area contributed by atoms with Gasteiger partial charge in [0.1, 0.15) is 0 Å². The maximum atomic E-state index is 11.4. The van der Waals surface area contributed by atoms with Crippen molar-refractivity contribution in [2.75, 3.05) is 0 Å². The number of benzene rings is 1. The summed E-state index contributed by atoms with van der Waals surface area (Å²) in [6.45, 7) is 4.04. The summed E-state index contributed by atoms with van der Waals surface area (Å²) in [6.07, 6.45) is 0. The van der Waals surface area contributed by atoms with Gasteiger partial charge >= 0.3 is 0 Å². The van der Waals surface area contributed by atoms with Crippen molar-refractivity contribution in [3.63, 3.8) is 0 Å². The monoisotopic (exact) mass is 248 g/mol. The first-order valence-electron chi connectivity index (χ1n) is 5.34. The Kier molecular flexibility index (Phi) is 3.29. The van der Waals surface area contributed by atoms with Crippen LogP contribution in [0.4, 0.5) is 0 Å². The van der Waals surface area contributed by atoms with Crippen LogP contribution in [0.25, 0.3) is 11.3 Å². The first kappa shape index (κ1) is 11.9. The number of hydrogen-bond donors (Lipinski definition) is 1. The standard InChI is InChI=1S/C13H13ClN2O/c1-8-3-4-9(2)11(5-8)12-6-10(7-14)13(17)16-15-12/h3-6H,7H2,1-2H3,(H,16,17). The highest BCUT2D eigenvalue weighted by atomic mass is 35.5. The Morgan fingerprint density at radius 3 is 2.76 bits per heavy atom. The van der Waals surface area contributed by atoms with Gasteiger partial charge in [0.05, 0.1) is 11.6 Å². The van der Waals surface area contributed by atoms with E-state index in [0.717, 1.165) is 22.4 Å². The average Bonchev–Trinajstić information content (AvgIpc) is 2.33. The molecule has 1 aromatic heterocycles. The van der Waals surface area contributed by atoms with Crippen molar-refractivity contribution in [2.45, 2.75) is 19.7 Å². The molecule has 0 aliphatic heterocycles. The van der Waals surface area contributed by atoms with Gasteiger partial charge in [0.25, 0.3) is 5.56 Å². The van der Waals surface area contributed by atoms with Crippen LogP contribution in [0, 0.1) is 13.8 Å². The Hall–Kier alpha value is -1.61. The average molecular weight is 249 g/mol. The quantitative estimate of drug-likeness (QED) is 0.831. The van der Waals surface area contributed by atoms with Crippen LogP contribution in [-0.4, -0.2) is 10.2 Å². The maximum absolute atomic E-state index is 11.4. The van der Waals surface area contributed by atoms with Crippen LogP contribution in [0.15, 0.2) is 29.1 Å². The molecule has 1 N–H and O–H groups in total. The fraction of sp³-hybridized carbons (Fsp3) is 0.231. The van der Waals surface area contributed by atoms with Crippen molar-refractivity contribution in [3.05, 3.63) is 51.3 Å². The van der Waals surface area contributed by atoms with Gasteiger partial charge in [-0.3, -0.25) is 4.79 Å². The normalized spacial score (nSPS) is 10.5. The maximum Gasteiger partial charge on any atom is 0.268 e. The molecule has 0 saturated carbocycles. The first-order chi connectivity index (χ1) is 8.11. The molecule has 0 aliphatic rings. The summed E-state index contributed by atoms with van der Waals surface area (Å²) in [4.78, 5) is 11.4. The molecule has 0 radical (unpaired) electrons. The molecule has 0 amide bonds. The number of aromatic nitrogens is 2. The number of nitrogens with zero attached hydrogens (tertiary/aromatic N) is 1. The van der Waals surface area contributed by atoms with Crippen LogP contribution in [0.1, 0.15) is 16.7 Å². The van der Waals surface area contributed by atoms with Gasteiger partial charge in [-0.1, -0.05) is 17.7 Å². The number of nitrogens with one attached hydrogen (secondary N) is 1.